The number of hydrogen-bond donors (Lipinski definition) is 1. The summed E-state index contributed by atoms with van der Waals surface area (Å²) >= 11 is 1.50. The predicted molar refractivity (Wildman–Crippen MR) is 113 cm³/mol. The summed E-state index contributed by atoms with van der Waals surface area (Å²) in [6.45, 7) is 0. The molecule has 9 heteroatoms. The first kappa shape index (κ1) is 18.0. The molecule has 146 valence electrons. The molecule has 0 aliphatic heterocycles. The van der Waals surface area contributed by atoms with Crippen LogP contribution in [0.5, 0.6) is 11.6 Å². The van der Waals surface area contributed by atoms with E-state index in [1.807, 2.05) is 12.1 Å². The number of rotatable bonds is 5. The fraction of sp³-hybridized carbons (Fsp3) is 0. The highest BCUT2D eigenvalue weighted by atomic mass is 32.1. The average molecular weight is 414 g/mol. The minimum Gasteiger partial charge on any atom is -0.438 e. The predicted octanol–water partition coefficient (Wildman–Crippen LogP) is 4.32. The Morgan fingerprint density at radius 3 is 2.70 bits per heavy atom. The molecule has 3 aromatic heterocycles. The molecule has 0 fully saturated rings. The smallest absolute Gasteiger partial charge is 0.255 e. The summed E-state index contributed by atoms with van der Waals surface area (Å²) < 4.78 is 8.45. The molecular weight excluding hydrogens is 400 g/mol. The zero-order valence-electron chi connectivity index (χ0n) is 15.5. The van der Waals surface area contributed by atoms with E-state index < -0.39 is 0 Å². The van der Waals surface area contributed by atoms with Gasteiger partial charge in [-0.2, -0.15) is 0 Å². The average Bonchev–Trinajstić information content (AvgIpc) is 3.47. The molecule has 0 atom stereocenters. The minimum absolute atomic E-state index is 0.181. The molecule has 5 aromatic rings. The number of carbonyl (C=O) groups excluding carboxylic acids is 1. The number of thiazole rings is 1. The normalized spacial score (nSPS) is 10.8. The lowest BCUT2D eigenvalue weighted by molar-refractivity contribution is 0.102. The maximum atomic E-state index is 12.5. The lowest BCUT2D eigenvalue weighted by Gasteiger charge is -2.08. The van der Waals surface area contributed by atoms with Crippen LogP contribution in [0.4, 0.5) is 5.69 Å². The molecule has 0 aliphatic carbocycles. The summed E-state index contributed by atoms with van der Waals surface area (Å²) in [6, 6.07) is 16.0. The Bertz CT molecular complexity index is 1300. The second-order valence-corrected chi connectivity index (χ2v) is 7.20. The molecule has 3 heterocycles. The van der Waals surface area contributed by atoms with E-state index in [-0.39, 0.29) is 5.91 Å². The number of hydrogen-bond acceptors (Lipinski definition) is 7. The van der Waals surface area contributed by atoms with Crippen molar-refractivity contribution in [1.82, 2.24) is 24.7 Å². The fourth-order valence-corrected chi connectivity index (χ4v) is 3.54. The molecular formula is C21H14N6O2S. The Morgan fingerprint density at radius 2 is 1.93 bits per heavy atom. The Labute approximate surface area is 174 Å². The van der Waals surface area contributed by atoms with Crippen LogP contribution in [-0.2, 0) is 0 Å². The van der Waals surface area contributed by atoms with Crippen molar-refractivity contribution >= 4 is 33.1 Å². The van der Waals surface area contributed by atoms with Gasteiger partial charge in [0.25, 0.3) is 5.91 Å². The second kappa shape index (κ2) is 7.72. The van der Waals surface area contributed by atoms with Crippen LogP contribution in [0, 0.1) is 0 Å². The molecule has 2 aromatic carbocycles. The van der Waals surface area contributed by atoms with Crippen molar-refractivity contribution < 1.29 is 9.53 Å². The van der Waals surface area contributed by atoms with Crippen LogP contribution in [0.2, 0.25) is 0 Å². The van der Waals surface area contributed by atoms with Gasteiger partial charge in [-0.05, 0) is 48.5 Å². The maximum Gasteiger partial charge on any atom is 0.255 e. The molecule has 5 rings (SSSR count). The van der Waals surface area contributed by atoms with E-state index in [1.54, 1.807) is 71.3 Å². The van der Waals surface area contributed by atoms with Crippen molar-refractivity contribution in [1.29, 1.82) is 0 Å². The van der Waals surface area contributed by atoms with E-state index in [1.165, 1.54) is 11.3 Å². The fourth-order valence-electron chi connectivity index (χ4n) is 2.83. The zero-order chi connectivity index (χ0) is 20.3. The third kappa shape index (κ3) is 3.74. The van der Waals surface area contributed by atoms with Gasteiger partial charge in [0, 0.05) is 29.7 Å². The summed E-state index contributed by atoms with van der Waals surface area (Å²) in [5.41, 5.74) is 3.90. The highest BCUT2D eigenvalue weighted by molar-refractivity contribution is 7.16. The third-order valence-electron chi connectivity index (χ3n) is 4.32. The number of nitrogens with zero attached hydrogens (tertiary/aromatic N) is 5. The summed E-state index contributed by atoms with van der Waals surface area (Å²) in [6.07, 6.45) is 5.10. The molecule has 0 radical (unpaired) electrons. The number of nitrogens with one attached hydrogen (secondary N) is 1. The van der Waals surface area contributed by atoms with Crippen LogP contribution in [0.15, 0.2) is 78.8 Å². The van der Waals surface area contributed by atoms with Crippen molar-refractivity contribution in [3.05, 3.63) is 84.4 Å². The van der Waals surface area contributed by atoms with Crippen molar-refractivity contribution in [2.45, 2.75) is 0 Å². The molecule has 8 nitrogen and oxygen atoms in total. The molecule has 0 unspecified atom stereocenters. The van der Waals surface area contributed by atoms with Crippen LogP contribution >= 0.6 is 11.3 Å². The number of carbonyl (C=O) groups is 1. The van der Waals surface area contributed by atoms with Crippen molar-refractivity contribution in [3.63, 3.8) is 0 Å². The first-order valence-electron chi connectivity index (χ1n) is 8.99. The first-order valence-corrected chi connectivity index (χ1v) is 9.87. The van der Waals surface area contributed by atoms with Crippen molar-refractivity contribution in [2.75, 3.05) is 5.32 Å². The molecule has 30 heavy (non-hydrogen) atoms. The lowest BCUT2D eigenvalue weighted by atomic mass is 10.2. The Hall–Kier alpha value is -4.11. The Kier molecular flexibility index (Phi) is 4.62. The summed E-state index contributed by atoms with van der Waals surface area (Å²) in [5, 5.41) is 11.1. The highest BCUT2D eigenvalue weighted by Crippen LogP contribution is 2.23. The standard InChI is InChI=1S/C21H14N6O2S/c28-21(14-1-6-17-18(11-14)30-13-23-17)24-15-2-4-16(5-3-15)29-20-8-7-19(25-26-20)27-10-9-22-12-27/h1-13H,(H,24,28). The molecule has 0 bridgehead atoms. The highest BCUT2D eigenvalue weighted by Gasteiger charge is 2.09. The van der Waals surface area contributed by atoms with Crippen molar-refractivity contribution in [2.24, 2.45) is 0 Å². The van der Waals surface area contributed by atoms with E-state index in [4.69, 9.17) is 4.74 Å². The zero-order valence-corrected chi connectivity index (χ0v) is 16.3. The van der Waals surface area contributed by atoms with Crippen LogP contribution in [0.1, 0.15) is 10.4 Å². The molecule has 0 spiro atoms. The summed E-state index contributed by atoms with van der Waals surface area (Å²) in [7, 11) is 0. The molecule has 1 N–H and O–H groups in total. The monoisotopic (exact) mass is 414 g/mol. The van der Waals surface area contributed by atoms with Gasteiger partial charge in [0.15, 0.2) is 5.82 Å². The SMILES string of the molecule is O=C(Nc1ccc(Oc2ccc(-n3ccnc3)nn2)cc1)c1ccc2ncsc2c1. The van der Waals surface area contributed by atoms with E-state index in [0.717, 1.165) is 10.2 Å². The number of anilines is 1. The molecule has 0 saturated heterocycles. The Balaban J connectivity index is 1.24. The number of fused-ring (bicyclic) bond motifs is 1. The largest absolute Gasteiger partial charge is 0.438 e. The minimum atomic E-state index is -0.181. The number of imidazole rings is 1. The number of aromatic nitrogens is 5. The van der Waals surface area contributed by atoms with Gasteiger partial charge < -0.3 is 10.1 Å². The Morgan fingerprint density at radius 1 is 1.03 bits per heavy atom. The van der Waals surface area contributed by atoms with Gasteiger partial charge in [-0.15, -0.1) is 21.5 Å². The molecule has 1 amide bonds. The van der Waals surface area contributed by atoms with Gasteiger partial charge in [-0.25, -0.2) is 9.97 Å². The lowest BCUT2D eigenvalue weighted by Crippen LogP contribution is -2.11. The molecule has 0 aliphatic rings. The summed E-state index contributed by atoms with van der Waals surface area (Å²) in [5.74, 6) is 1.42. The maximum absolute atomic E-state index is 12.5. The number of benzene rings is 2. The van der Waals surface area contributed by atoms with Gasteiger partial charge in [-0.1, -0.05) is 0 Å². The van der Waals surface area contributed by atoms with Crippen LogP contribution in [-0.4, -0.2) is 30.6 Å². The third-order valence-corrected chi connectivity index (χ3v) is 5.11. The molecule has 0 saturated carbocycles. The van der Waals surface area contributed by atoms with Gasteiger partial charge in [-0.3, -0.25) is 9.36 Å². The summed E-state index contributed by atoms with van der Waals surface area (Å²) in [4.78, 5) is 20.7. The van der Waals surface area contributed by atoms with Crippen LogP contribution < -0.4 is 10.1 Å². The second-order valence-electron chi connectivity index (χ2n) is 6.32. The van der Waals surface area contributed by atoms with E-state index in [9.17, 15) is 4.79 Å². The number of amides is 1. The van der Waals surface area contributed by atoms with Crippen molar-refractivity contribution in [3.8, 4) is 17.4 Å². The van der Waals surface area contributed by atoms with Crippen LogP contribution in [0.25, 0.3) is 16.0 Å². The van der Waals surface area contributed by atoms with Crippen LogP contribution in [0.3, 0.4) is 0 Å². The van der Waals surface area contributed by atoms with Gasteiger partial charge in [0.2, 0.25) is 5.88 Å². The van der Waals surface area contributed by atoms with E-state index in [2.05, 4.69) is 25.5 Å². The number of ether oxygens (including phenoxy) is 1. The topological polar surface area (TPSA) is 94.8 Å². The first-order chi connectivity index (χ1) is 14.7. The van der Waals surface area contributed by atoms with Gasteiger partial charge in [0.05, 0.1) is 15.7 Å². The van der Waals surface area contributed by atoms with E-state index in [0.29, 0.717) is 28.7 Å². The van der Waals surface area contributed by atoms with Gasteiger partial charge in [0.1, 0.15) is 12.1 Å². The quantitative estimate of drug-likeness (QED) is 0.460. The van der Waals surface area contributed by atoms with Gasteiger partial charge >= 0.3 is 0 Å². The van der Waals surface area contributed by atoms with E-state index >= 15 is 0 Å².